The lowest BCUT2D eigenvalue weighted by Crippen LogP contribution is -1.92. The average Bonchev–Trinajstić information content (AvgIpc) is 3.63. The molecule has 0 amide bonds. The highest BCUT2D eigenvalue weighted by Crippen LogP contribution is 2.38. The van der Waals surface area contributed by atoms with Gasteiger partial charge in [-0.2, -0.15) is 0 Å². The van der Waals surface area contributed by atoms with E-state index < -0.39 is 0 Å². The molecule has 2 heteroatoms. The first-order valence-corrected chi connectivity index (χ1v) is 18.0. The third-order valence-electron chi connectivity index (χ3n) is 10.3. The summed E-state index contributed by atoms with van der Waals surface area (Å²) in [7, 11) is 0. The van der Waals surface area contributed by atoms with Gasteiger partial charge < -0.3 is 4.42 Å². The Balaban J connectivity index is 1.05. The molecule has 0 bridgehead atoms. The number of rotatable bonds is 6. The monoisotopic (exact) mass is 675 g/mol. The summed E-state index contributed by atoms with van der Waals surface area (Å²) in [6, 6.07) is 71.0. The minimum Gasteiger partial charge on any atom is -0.455 e. The Morgan fingerprint density at radius 3 is 1.49 bits per heavy atom. The van der Waals surface area contributed by atoms with Crippen LogP contribution in [0.3, 0.4) is 0 Å². The standard InChI is InChI=1S/C51H33NO/c1-2-10-34(11-3-1)35-22-28-40(29-23-35)48-32-42(36-20-24-38(25-21-36)44-16-8-13-37-12-4-5-14-43(37)44)33-49(52-48)41-30-26-39(27-31-41)45-17-9-18-47-46-15-6-7-19-50(46)53-51(45)47/h1-33H. The number of nitrogens with zero attached hydrogens (tertiary/aromatic N) is 1. The van der Waals surface area contributed by atoms with Crippen molar-refractivity contribution in [2.24, 2.45) is 0 Å². The number of furan rings is 1. The van der Waals surface area contributed by atoms with Crippen molar-refractivity contribution in [1.29, 1.82) is 0 Å². The number of hydrogen-bond acceptors (Lipinski definition) is 2. The topological polar surface area (TPSA) is 26.0 Å². The molecule has 0 aliphatic carbocycles. The molecule has 2 heterocycles. The lowest BCUT2D eigenvalue weighted by molar-refractivity contribution is 0.670. The molecule has 10 aromatic rings. The summed E-state index contributed by atoms with van der Waals surface area (Å²) in [6.07, 6.45) is 0. The molecule has 248 valence electrons. The maximum atomic E-state index is 6.36. The minimum atomic E-state index is 0.905. The Labute approximate surface area is 308 Å². The Morgan fingerprint density at radius 2 is 0.774 bits per heavy atom. The van der Waals surface area contributed by atoms with E-state index in [1.807, 2.05) is 12.1 Å². The first-order chi connectivity index (χ1) is 26.2. The van der Waals surface area contributed by atoms with E-state index in [4.69, 9.17) is 9.40 Å². The van der Waals surface area contributed by atoms with Crippen LogP contribution in [-0.4, -0.2) is 4.98 Å². The van der Waals surface area contributed by atoms with Gasteiger partial charge in [0, 0.05) is 27.5 Å². The van der Waals surface area contributed by atoms with Crippen LogP contribution in [0.4, 0.5) is 0 Å². The van der Waals surface area contributed by atoms with Crippen LogP contribution in [0.1, 0.15) is 0 Å². The van der Waals surface area contributed by atoms with Gasteiger partial charge >= 0.3 is 0 Å². The van der Waals surface area contributed by atoms with E-state index in [0.29, 0.717) is 0 Å². The van der Waals surface area contributed by atoms with Crippen molar-refractivity contribution in [2.45, 2.75) is 0 Å². The molecule has 0 unspecified atom stereocenters. The molecule has 0 radical (unpaired) electrons. The first kappa shape index (κ1) is 30.8. The number of para-hydroxylation sites is 2. The third kappa shape index (κ3) is 5.67. The van der Waals surface area contributed by atoms with Gasteiger partial charge in [0.15, 0.2) is 0 Å². The molecule has 0 fully saturated rings. The van der Waals surface area contributed by atoms with E-state index in [1.54, 1.807) is 0 Å². The van der Waals surface area contributed by atoms with Gasteiger partial charge in [0.05, 0.1) is 11.4 Å². The number of benzene rings is 8. The van der Waals surface area contributed by atoms with Crippen molar-refractivity contribution >= 4 is 32.7 Å². The molecule has 8 aromatic carbocycles. The molecule has 10 rings (SSSR count). The highest BCUT2D eigenvalue weighted by atomic mass is 16.3. The average molecular weight is 676 g/mol. The molecule has 53 heavy (non-hydrogen) atoms. The Hall–Kier alpha value is -7.03. The minimum absolute atomic E-state index is 0.905. The summed E-state index contributed by atoms with van der Waals surface area (Å²) in [5.41, 5.74) is 15.1. The maximum Gasteiger partial charge on any atom is 0.143 e. The van der Waals surface area contributed by atoms with Gasteiger partial charge in [-0.1, -0.05) is 182 Å². The van der Waals surface area contributed by atoms with E-state index in [0.717, 1.165) is 66.7 Å². The van der Waals surface area contributed by atoms with Crippen LogP contribution in [0.5, 0.6) is 0 Å². The van der Waals surface area contributed by atoms with Crippen molar-refractivity contribution in [3.63, 3.8) is 0 Å². The van der Waals surface area contributed by atoms with Crippen molar-refractivity contribution in [3.8, 4) is 67.0 Å². The van der Waals surface area contributed by atoms with E-state index in [2.05, 4.69) is 188 Å². The fraction of sp³-hybridized carbons (Fsp3) is 0. The van der Waals surface area contributed by atoms with E-state index in [1.165, 1.54) is 33.0 Å². The zero-order valence-electron chi connectivity index (χ0n) is 28.9. The second kappa shape index (κ2) is 12.9. The lowest BCUT2D eigenvalue weighted by Gasteiger charge is -2.13. The van der Waals surface area contributed by atoms with E-state index in [9.17, 15) is 0 Å². The summed E-state index contributed by atoms with van der Waals surface area (Å²) in [5, 5.41) is 4.77. The second-order valence-electron chi connectivity index (χ2n) is 13.5. The number of aromatic nitrogens is 1. The molecule has 0 spiro atoms. The summed E-state index contributed by atoms with van der Waals surface area (Å²) in [6.45, 7) is 0. The van der Waals surface area contributed by atoms with Crippen molar-refractivity contribution < 1.29 is 4.42 Å². The molecular weight excluding hydrogens is 643 g/mol. The highest BCUT2D eigenvalue weighted by molar-refractivity contribution is 6.09. The van der Waals surface area contributed by atoms with Gasteiger partial charge in [-0.3, -0.25) is 0 Å². The predicted octanol–water partition coefficient (Wildman–Crippen LogP) is 14.1. The Morgan fingerprint density at radius 1 is 0.302 bits per heavy atom. The van der Waals surface area contributed by atoms with Gasteiger partial charge in [0.1, 0.15) is 11.2 Å². The van der Waals surface area contributed by atoms with Crippen LogP contribution in [0.15, 0.2) is 205 Å². The molecule has 0 atom stereocenters. The largest absolute Gasteiger partial charge is 0.455 e. The van der Waals surface area contributed by atoms with Gasteiger partial charge in [-0.25, -0.2) is 4.98 Å². The zero-order chi connectivity index (χ0) is 35.1. The van der Waals surface area contributed by atoms with E-state index in [-0.39, 0.29) is 0 Å². The van der Waals surface area contributed by atoms with Crippen molar-refractivity contribution in [2.75, 3.05) is 0 Å². The summed E-state index contributed by atoms with van der Waals surface area (Å²) in [5.74, 6) is 0. The van der Waals surface area contributed by atoms with Crippen molar-refractivity contribution in [3.05, 3.63) is 200 Å². The van der Waals surface area contributed by atoms with Gasteiger partial charge in [0.25, 0.3) is 0 Å². The second-order valence-corrected chi connectivity index (χ2v) is 13.5. The van der Waals surface area contributed by atoms with E-state index >= 15 is 0 Å². The predicted molar refractivity (Wildman–Crippen MR) is 222 cm³/mol. The Bertz CT molecular complexity index is 2900. The molecule has 2 aromatic heterocycles. The van der Waals surface area contributed by atoms with Gasteiger partial charge in [0.2, 0.25) is 0 Å². The first-order valence-electron chi connectivity index (χ1n) is 18.0. The Kier molecular flexibility index (Phi) is 7.51. The van der Waals surface area contributed by atoms with Crippen LogP contribution in [0, 0.1) is 0 Å². The molecule has 0 saturated heterocycles. The quantitative estimate of drug-likeness (QED) is 0.175. The fourth-order valence-corrected chi connectivity index (χ4v) is 7.57. The SMILES string of the molecule is c1ccc(-c2ccc(-c3cc(-c4ccc(-c5cccc6ccccc56)cc4)cc(-c4ccc(-c5cccc6c5oc5ccccc56)cc4)n3)cc2)cc1. The molecule has 0 aliphatic rings. The summed E-state index contributed by atoms with van der Waals surface area (Å²) >= 11 is 0. The number of hydrogen-bond donors (Lipinski definition) is 0. The normalized spacial score (nSPS) is 11.4. The number of pyridine rings is 1. The fourth-order valence-electron chi connectivity index (χ4n) is 7.57. The lowest BCUT2D eigenvalue weighted by atomic mass is 9.95. The smallest absolute Gasteiger partial charge is 0.143 e. The molecule has 0 N–H and O–H groups in total. The van der Waals surface area contributed by atoms with Gasteiger partial charge in [-0.05, 0) is 67.9 Å². The molecular formula is C51H33NO. The van der Waals surface area contributed by atoms with Crippen LogP contribution in [0.2, 0.25) is 0 Å². The summed E-state index contributed by atoms with van der Waals surface area (Å²) in [4.78, 5) is 5.26. The third-order valence-corrected chi connectivity index (χ3v) is 10.3. The molecule has 2 nitrogen and oxygen atoms in total. The maximum absolute atomic E-state index is 6.36. The zero-order valence-corrected chi connectivity index (χ0v) is 28.9. The number of fused-ring (bicyclic) bond motifs is 4. The highest BCUT2D eigenvalue weighted by Gasteiger charge is 2.14. The van der Waals surface area contributed by atoms with Crippen LogP contribution < -0.4 is 0 Å². The van der Waals surface area contributed by atoms with Crippen LogP contribution in [0.25, 0.3) is 99.7 Å². The van der Waals surface area contributed by atoms with Crippen molar-refractivity contribution in [1.82, 2.24) is 4.98 Å². The summed E-state index contributed by atoms with van der Waals surface area (Å²) < 4.78 is 6.36. The van der Waals surface area contributed by atoms with Gasteiger partial charge in [-0.15, -0.1) is 0 Å². The molecule has 0 saturated carbocycles. The molecule has 0 aliphatic heterocycles. The van der Waals surface area contributed by atoms with Crippen LogP contribution >= 0.6 is 0 Å². The van der Waals surface area contributed by atoms with Crippen LogP contribution in [-0.2, 0) is 0 Å².